The molecule has 0 aromatic carbocycles. The third kappa shape index (κ3) is 3.52. The van der Waals surface area contributed by atoms with Crippen LogP contribution in [-0.2, 0) is 4.74 Å². The molecule has 1 aliphatic carbocycles. The maximum atomic E-state index is 10.7. The van der Waals surface area contributed by atoms with Crippen molar-refractivity contribution in [1.29, 1.82) is 0 Å². The summed E-state index contributed by atoms with van der Waals surface area (Å²) in [6.07, 6.45) is 7.81. The van der Waals surface area contributed by atoms with Gasteiger partial charge in [0.15, 0.2) is 0 Å². The van der Waals surface area contributed by atoms with E-state index in [0.717, 1.165) is 44.6 Å². The second kappa shape index (κ2) is 6.15. The molecule has 4 atom stereocenters. The molecule has 4 heteroatoms. The van der Waals surface area contributed by atoms with E-state index in [-0.39, 0.29) is 5.60 Å². The molecular weight excluding hydrogens is 270 g/mol. The van der Waals surface area contributed by atoms with Gasteiger partial charge in [-0.1, -0.05) is 19.8 Å². The second-order valence-electron chi connectivity index (χ2n) is 7.33. The normalized spacial score (nSPS) is 45.9. The third-order valence-electron chi connectivity index (χ3n) is 5.35. The van der Waals surface area contributed by atoms with Crippen LogP contribution in [0.25, 0.3) is 0 Å². The van der Waals surface area contributed by atoms with Gasteiger partial charge in [-0.2, -0.15) is 11.8 Å². The number of rotatable bonds is 3. The second-order valence-corrected chi connectivity index (χ2v) is 8.44. The van der Waals surface area contributed by atoms with Gasteiger partial charge < -0.3 is 15.2 Å². The van der Waals surface area contributed by atoms with Gasteiger partial charge in [-0.25, -0.2) is 0 Å². The summed E-state index contributed by atoms with van der Waals surface area (Å²) in [6.45, 7) is 3.92. The highest BCUT2D eigenvalue weighted by atomic mass is 32.2. The van der Waals surface area contributed by atoms with Crippen LogP contribution in [0, 0.1) is 5.92 Å². The molecule has 2 N–H and O–H groups in total. The molecule has 0 bridgehead atoms. The Morgan fingerprint density at radius 2 is 2.20 bits per heavy atom. The van der Waals surface area contributed by atoms with Crippen LogP contribution in [0.3, 0.4) is 0 Å². The number of hydrogen-bond donors (Lipinski definition) is 2. The first-order valence-electron chi connectivity index (χ1n) is 8.27. The van der Waals surface area contributed by atoms with Crippen molar-refractivity contribution in [3.05, 3.63) is 0 Å². The zero-order valence-electron chi connectivity index (χ0n) is 12.7. The van der Waals surface area contributed by atoms with E-state index in [4.69, 9.17) is 4.74 Å². The predicted molar refractivity (Wildman–Crippen MR) is 84.2 cm³/mol. The van der Waals surface area contributed by atoms with Gasteiger partial charge in [-0.15, -0.1) is 0 Å². The number of aliphatic hydroxyl groups is 1. The summed E-state index contributed by atoms with van der Waals surface area (Å²) >= 11 is 2.03. The van der Waals surface area contributed by atoms with E-state index < -0.39 is 5.60 Å². The monoisotopic (exact) mass is 299 g/mol. The summed E-state index contributed by atoms with van der Waals surface area (Å²) < 4.78 is 6.07. The molecule has 0 aromatic rings. The third-order valence-corrected chi connectivity index (χ3v) is 6.57. The molecule has 1 saturated carbocycles. The quantitative estimate of drug-likeness (QED) is 0.840. The smallest absolute Gasteiger partial charge is 0.0795 e. The zero-order valence-corrected chi connectivity index (χ0v) is 13.5. The van der Waals surface area contributed by atoms with Crippen LogP contribution in [0.2, 0.25) is 0 Å². The van der Waals surface area contributed by atoms with Crippen LogP contribution in [0.4, 0.5) is 0 Å². The Balaban J connectivity index is 1.50. The van der Waals surface area contributed by atoms with Crippen molar-refractivity contribution in [1.82, 2.24) is 5.32 Å². The minimum atomic E-state index is -0.465. The molecule has 3 fully saturated rings. The highest BCUT2D eigenvalue weighted by Gasteiger charge is 2.41. The molecule has 3 aliphatic rings. The number of ether oxygens (including phenoxy) is 1. The number of nitrogens with one attached hydrogen (secondary N) is 1. The van der Waals surface area contributed by atoms with E-state index >= 15 is 0 Å². The topological polar surface area (TPSA) is 41.5 Å². The molecule has 2 heterocycles. The Hall–Kier alpha value is 0.230. The Morgan fingerprint density at radius 3 is 2.95 bits per heavy atom. The first-order valence-corrected chi connectivity index (χ1v) is 9.42. The minimum absolute atomic E-state index is 0.142. The Bertz CT molecular complexity index is 332. The van der Waals surface area contributed by atoms with Crippen LogP contribution in [0.1, 0.15) is 51.9 Å². The molecule has 2 saturated heterocycles. The van der Waals surface area contributed by atoms with Crippen LogP contribution >= 0.6 is 11.8 Å². The van der Waals surface area contributed by atoms with Gasteiger partial charge >= 0.3 is 0 Å². The molecule has 20 heavy (non-hydrogen) atoms. The molecule has 4 unspecified atom stereocenters. The lowest BCUT2D eigenvalue weighted by Gasteiger charge is -2.41. The van der Waals surface area contributed by atoms with E-state index in [1.165, 1.54) is 25.0 Å². The number of thioether (sulfide) groups is 1. The van der Waals surface area contributed by atoms with E-state index in [1.807, 2.05) is 11.8 Å². The summed E-state index contributed by atoms with van der Waals surface area (Å²) in [5.41, 5.74) is -0.323. The maximum Gasteiger partial charge on any atom is 0.0795 e. The Labute approximate surface area is 127 Å². The van der Waals surface area contributed by atoms with Gasteiger partial charge in [0.05, 0.1) is 11.2 Å². The minimum Gasteiger partial charge on any atom is -0.389 e. The summed E-state index contributed by atoms with van der Waals surface area (Å²) in [7, 11) is 0. The highest BCUT2D eigenvalue weighted by Crippen LogP contribution is 2.38. The fourth-order valence-corrected chi connectivity index (χ4v) is 5.57. The van der Waals surface area contributed by atoms with Crippen molar-refractivity contribution >= 4 is 11.8 Å². The van der Waals surface area contributed by atoms with Crippen LogP contribution in [-0.4, -0.2) is 47.0 Å². The van der Waals surface area contributed by atoms with Gasteiger partial charge in [0.2, 0.25) is 0 Å². The Kier molecular flexibility index (Phi) is 4.66. The van der Waals surface area contributed by atoms with Gasteiger partial charge in [0.1, 0.15) is 0 Å². The molecule has 0 amide bonds. The van der Waals surface area contributed by atoms with Gasteiger partial charge in [0, 0.05) is 24.9 Å². The first kappa shape index (κ1) is 15.1. The first-order chi connectivity index (χ1) is 9.59. The van der Waals surface area contributed by atoms with Crippen molar-refractivity contribution < 1.29 is 9.84 Å². The standard InChI is InChI=1S/C16H29NO2S/c1-13-3-2-5-15(18,9-13)11-17-14-4-7-19-16(10-14)6-8-20-12-16/h13-14,17-18H,2-12H2,1H3. The highest BCUT2D eigenvalue weighted by molar-refractivity contribution is 7.99. The molecule has 0 radical (unpaired) electrons. The molecule has 116 valence electrons. The lowest BCUT2D eigenvalue weighted by Crippen LogP contribution is -2.52. The van der Waals surface area contributed by atoms with Crippen molar-refractivity contribution in [2.45, 2.75) is 69.1 Å². The SMILES string of the molecule is CC1CCCC(O)(CNC2CCOC3(CCSC3)C2)C1. The van der Waals surface area contributed by atoms with Crippen molar-refractivity contribution in [2.24, 2.45) is 5.92 Å². The molecule has 1 spiro atoms. The summed E-state index contributed by atoms with van der Waals surface area (Å²) in [5, 5.41) is 14.4. The molecule has 0 aromatic heterocycles. The molecule has 3 rings (SSSR count). The lowest BCUT2D eigenvalue weighted by molar-refractivity contribution is -0.0756. The number of hydrogen-bond acceptors (Lipinski definition) is 4. The fraction of sp³-hybridized carbons (Fsp3) is 1.00. The molecule has 3 nitrogen and oxygen atoms in total. The largest absolute Gasteiger partial charge is 0.389 e. The van der Waals surface area contributed by atoms with Crippen LogP contribution < -0.4 is 5.32 Å². The van der Waals surface area contributed by atoms with Crippen molar-refractivity contribution in [2.75, 3.05) is 24.7 Å². The summed E-state index contributed by atoms with van der Waals surface area (Å²) in [4.78, 5) is 0. The predicted octanol–water partition coefficient (Wildman–Crippen LogP) is 2.57. The van der Waals surface area contributed by atoms with Crippen LogP contribution in [0.5, 0.6) is 0 Å². The molecular formula is C16H29NO2S. The average molecular weight is 299 g/mol. The summed E-state index contributed by atoms with van der Waals surface area (Å²) in [5.74, 6) is 3.07. The Morgan fingerprint density at radius 1 is 1.30 bits per heavy atom. The molecule has 2 aliphatic heterocycles. The van der Waals surface area contributed by atoms with E-state index in [2.05, 4.69) is 12.2 Å². The van der Waals surface area contributed by atoms with Gasteiger partial charge in [0.25, 0.3) is 0 Å². The lowest BCUT2D eigenvalue weighted by atomic mass is 9.78. The fourth-order valence-electron chi connectivity index (χ4n) is 4.19. The van der Waals surface area contributed by atoms with Gasteiger partial charge in [-0.05, 0) is 43.8 Å². The van der Waals surface area contributed by atoms with Gasteiger partial charge in [-0.3, -0.25) is 0 Å². The van der Waals surface area contributed by atoms with Crippen molar-refractivity contribution in [3.8, 4) is 0 Å². The van der Waals surface area contributed by atoms with Crippen LogP contribution in [0.15, 0.2) is 0 Å². The summed E-state index contributed by atoms with van der Waals surface area (Å²) in [6, 6.07) is 0.531. The van der Waals surface area contributed by atoms with E-state index in [9.17, 15) is 5.11 Å². The van der Waals surface area contributed by atoms with E-state index in [1.54, 1.807) is 0 Å². The average Bonchev–Trinajstić information content (AvgIpc) is 2.84. The maximum absolute atomic E-state index is 10.7. The van der Waals surface area contributed by atoms with E-state index in [0.29, 0.717) is 12.0 Å². The van der Waals surface area contributed by atoms with Crippen molar-refractivity contribution in [3.63, 3.8) is 0 Å². The zero-order chi connectivity index (χ0) is 14.1.